The second kappa shape index (κ2) is 12.0. The number of benzene rings is 2. The Labute approximate surface area is 219 Å². The standard InChI is InChI=1S/C25H26Cl3NO6/c1-2-13-30-20-19-18(15-32-22(34-19)17-11-7-4-8-12-17)33-23(35-24(29)25(26,27)28)21(20)31-14-16-9-5-3-6-10-16/h2-12,18-23,29H,1,13-15H2/t18-,19-,20+,21+,22?,23-/m1/s1. The van der Waals surface area contributed by atoms with Gasteiger partial charge in [-0.25, -0.2) is 0 Å². The summed E-state index contributed by atoms with van der Waals surface area (Å²) in [6.45, 7) is 4.41. The Balaban J connectivity index is 1.60. The van der Waals surface area contributed by atoms with Crippen molar-refractivity contribution >= 4 is 40.7 Å². The van der Waals surface area contributed by atoms with Crippen LogP contribution in [0, 0.1) is 5.41 Å². The summed E-state index contributed by atoms with van der Waals surface area (Å²) in [6, 6.07) is 19.2. The molecule has 0 amide bonds. The number of fused-ring (bicyclic) bond motifs is 1. The van der Waals surface area contributed by atoms with E-state index in [-0.39, 0.29) is 19.8 Å². The minimum atomic E-state index is -2.07. The maximum absolute atomic E-state index is 8.07. The van der Waals surface area contributed by atoms with E-state index in [4.69, 9.17) is 68.6 Å². The van der Waals surface area contributed by atoms with Crippen LogP contribution in [0.3, 0.4) is 0 Å². The number of rotatable bonds is 8. The highest BCUT2D eigenvalue weighted by atomic mass is 35.6. The Bertz CT molecular complexity index is 974. The molecule has 0 spiro atoms. The van der Waals surface area contributed by atoms with Gasteiger partial charge < -0.3 is 28.4 Å². The lowest BCUT2D eigenvalue weighted by Gasteiger charge is -2.48. The van der Waals surface area contributed by atoms with E-state index in [0.29, 0.717) is 0 Å². The molecule has 7 nitrogen and oxygen atoms in total. The molecule has 0 aliphatic carbocycles. The lowest BCUT2D eigenvalue weighted by Crippen LogP contribution is -2.64. The smallest absolute Gasteiger partial charge is 0.265 e. The zero-order valence-corrected chi connectivity index (χ0v) is 21.0. The largest absolute Gasteiger partial charge is 0.445 e. The third kappa shape index (κ3) is 6.76. The zero-order chi connectivity index (χ0) is 24.8. The van der Waals surface area contributed by atoms with Gasteiger partial charge in [-0.2, -0.15) is 0 Å². The van der Waals surface area contributed by atoms with Crippen LogP contribution in [-0.4, -0.2) is 53.6 Å². The van der Waals surface area contributed by atoms with Gasteiger partial charge in [-0.1, -0.05) is 102 Å². The zero-order valence-electron chi connectivity index (χ0n) is 18.7. The van der Waals surface area contributed by atoms with Crippen LogP contribution in [0.25, 0.3) is 0 Å². The molecule has 2 saturated heterocycles. The summed E-state index contributed by atoms with van der Waals surface area (Å²) in [5.41, 5.74) is 1.80. The molecule has 1 unspecified atom stereocenters. The Hall–Kier alpha value is -1.68. The molecule has 2 fully saturated rings. The number of hydrogen-bond donors (Lipinski definition) is 1. The monoisotopic (exact) mass is 541 g/mol. The molecular formula is C25H26Cl3NO6. The Morgan fingerprint density at radius 2 is 1.69 bits per heavy atom. The highest BCUT2D eigenvalue weighted by molar-refractivity contribution is 6.76. The van der Waals surface area contributed by atoms with Crippen molar-refractivity contribution in [3.8, 4) is 0 Å². The number of alkyl halides is 3. The minimum Gasteiger partial charge on any atom is -0.445 e. The van der Waals surface area contributed by atoms with Crippen molar-refractivity contribution in [2.45, 2.75) is 47.4 Å². The molecule has 2 aliphatic rings. The van der Waals surface area contributed by atoms with Gasteiger partial charge in [0.1, 0.15) is 24.4 Å². The van der Waals surface area contributed by atoms with E-state index in [2.05, 4.69) is 6.58 Å². The van der Waals surface area contributed by atoms with Gasteiger partial charge in [0, 0.05) is 5.56 Å². The van der Waals surface area contributed by atoms with E-state index in [9.17, 15) is 0 Å². The molecule has 6 atom stereocenters. The van der Waals surface area contributed by atoms with Gasteiger partial charge in [0.25, 0.3) is 3.79 Å². The minimum absolute atomic E-state index is 0.199. The van der Waals surface area contributed by atoms with Crippen molar-refractivity contribution in [1.29, 1.82) is 5.41 Å². The van der Waals surface area contributed by atoms with E-state index >= 15 is 0 Å². The van der Waals surface area contributed by atoms with Crippen LogP contribution in [0.15, 0.2) is 73.3 Å². The third-order valence-electron chi connectivity index (χ3n) is 5.54. The summed E-state index contributed by atoms with van der Waals surface area (Å²) in [5.74, 6) is -0.596. The van der Waals surface area contributed by atoms with Gasteiger partial charge in [0.15, 0.2) is 6.29 Å². The van der Waals surface area contributed by atoms with Crippen LogP contribution in [0.5, 0.6) is 0 Å². The lowest BCUT2D eigenvalue weighted by atomic mass is 9.97. The summed E-state index contributed by atoms with van der Waals surface area (Å²) in [5, 5.41) is 8.07. The molecule has 2 aromatic rings. The molecule has 2 heterocycles. The van der Waals surface area contributed by atoms with Crippen LogP contribution in [0.2, 0.25) is 0 Å². The van der Waals surface area contributed by atoms with Crippen LogP contribution < -0.4 is 0 Å². The predicted molar refractivity (Wildman–Crippen MR) is 133 cm³/mol. The normalized spacial score (nSPS) is 28.7. The molecule has 0 aromatic heterocycles. The fourth-order valence-electron chi connectivity index (χ4n) is 3.92. The first kappa shape index (κ1) is 26.4. The Morgan fingerprint density at radius 1 is 1.00 bits per heavy atom. The third-order valence-corrected chi connectivity index (χ3v) is 6.05. The van der Waals surface area contributed by atoms with Crippen molar-refractivity contribution in [2.75, 3.05) is 13.2 Å². The van der Waals surface area contributed by atoms with Crippen molar-refractivity contribution in [1.82, 2.24) is 0 Å². The first-order chi connectivity index (χ1) is 16.9. The first-order valence-electron chi connectivity index (χ1n) is 11.0. The summed E-state index contributed by atoms with van der Waals surface area (Å²) in [6.07, 6.45) is -2.70. The van der Waals surface area contributed by atoms with Gasteiger partial charge >= 0.3 is 0 Å². The molecule has 35 heavy (non-hydrogen) atoms. The Morgan fingerprint density at radius 3 is 2.34 bits per heavy atom. The van der Waals surface area contributed by atoms with Crippen LogP contribution >= 0.6 is 34.8 Å². The van der Waals surface area contributed by atoms with Gasteiger partial charge in [-0.15, -0.1) is 6.58 Å². The predicted octanol–water partition coefficient (Wildman–Crippen LogP) is 5.35. The summed E-state index contributed by atoms with van der Waals surface area (Å²) in [7, 11) is 0. The first-order valence-corrected chi connectivity index (χ1v) is 12.2. The molecule has 1 N–H and O–H groups in total. The summed E-state index contributed by atoms with van der Waals surface area (Å²) >= 11 is 17.6. The van der Waals surface area contributed by atoms with Crippen molar-refractivity contribution in [3.63, 3.8) is 0 Å². The molecule has 2 aromatic carbocycles. The molecule has 0 radical (unpaired) electrons. The van der Waals surface area contributed by atoms with E-state index in [1.54, 1.807) is 6.08 Å². The maximum Gasteiger partial charge on any atom is 0.265 e. The number of hydrogen-bond acceptors (Lipinski definition) is 7. The maximum atomic E-state index is 8.07. The summed E-state index contributed by atoms with van der Waals surface area (Å²) in [4.78, 5) is 0. The number of halogens is 3. The van der Waals surface area contributed by atoms with Crippen LogP contribution in [-0.2, 0) is 35.0 Å². The number of ether oxygens (including phenoxy) is 6. The van der Waals surface area contributed by atoms with E-state index in [1.807, 2.05) is 60.7 Å². The molecule has 0 bridgehead atoms. The fraction of sp³-hybridized carbons (Fsp3) is 0.400. The highest BCUT2D eigenvalue weighted by Crippen LogP contribution is 2.38. The van der Waals surface area contributed by atoms with Gasteiger partial charge in [-0.05, 0) is 5.56 Å². The van der Waals surface area contributed by atoms with Gasteiger partial charge in [-0.3, -0.25) is 5.41 Å². The molecule has 2 aliphatic heterocycles. The second-order valence-corrected chi connectivity index (χ2v) is 10.3. The number of nitrogens with one attached hydrogen (secondary N) is 1. The van der Waals surface area contributed by atoms with E-state index < -0.39 is 46.7 Å². The summed E-state index contributed by atoms with van der Waals surface area (Å²) < 4.78 is 34.3. The quantitative estimate of drug-likeness (QED) is 0.210. The second-order valence-electron chi connectivity index (χ2n) is 8.01. The van der Waals surface area contributed by atoms with Crippen molar-refractivity contribution < 1.29 is 28.4 Å². The average Bonchev–Trinajstić information content (AvgIpc) is 2.86. The highest BCUT2D eigenvalue weighted by Gasteiger charge is 2.53. The van der Waals surface area contributed by atoms with Crippen LogP contribution in [0.1, 0.15) is 17.4 Å². The SMILES string of the molecule is C=CCO[C@@H]1[C@H](OCc2ccccc2)[C@@H](OC(=N)C(Cl)(Cl)Cl)O[C@@H]2COC(c3ccccc3)O[C@@H]12. The fourth-order valence-corrected chi connectivity index (χ4v) is 4.05. The molecule has 188 valence electrons. The Kier molecular flexibility index (Phi) is 9.07. The van der Waals surface area contributed by atoms with E-state index in [0.717, 1.165) is 11.1 Å². The molecule has 0 saturated carbocycles. The molecule has 4 rings (SSSR count). The topological polar surface area (TPSA) is 79.2 Å². The van der Waals surface area contributed by atoms with Crippen molar-refractivity contribution in [3.05, 3.63) is 84.4 Å². The lowest BCUT2D eigenvalue weighted by molar-refractivity contribution is -0.361. The van der Waals surface area contributed by atoms with Crippen molar-refractivity contribution in [2.24, 2.45) is 0 Å². The van der Waals surface area contributed by atoms with E-state index in [1.165, 1.54) is 0 Å². The van der Waals surface area contributed by atoms with Gasteiger partial charge in [0.05, 0.1) is 19.8 Å². The molecular weight excluding hydrogens is 517 g/mol. The van der Waals surface area contributed by atoms with Crippen LogP contribution in [0.4, 0.5) is 0 Å². The molecule has 10 heteroatoms. The van der Waals surface area contributed by atoms with Gasteiger partial charge in [0.2, 0.25) is 12.2 Å². The average molecular weight is 543 g/mol.